The van der Waals surface area contributed by atoms with Crippen LogP contribution >= 0.6 is 0 Å². The Kier molecular flexibility index (Phi) is 6.14. The molecule has 0 radical (unpaired) electrons. The summed E-state index contributed by atoms with van der Waals surface area (Å²) in [6.45, 7) is 3.90. The van der Waals surface area contributed by atoms with E-state index in [4.69, 9.17) is 4.42 Å². The molecule has 1 fully saturated rings. The van der Waals surface area contributed by atoms with Crippen molar-refractivity contribution in [1.29, 1.82) is 0 Å². The highest BCUT2D eigenvalue weighted by Crippen LogP contribution is 2.27. The number of likely N-dealkylation sites (tertiary alicyclic amines) is 1. The molecule has 1 aliphatic rings. The summed E-state index contributed by atoms with van der Waals surface area (Å²) in [5, 5.41) is 5.10. The molecule has 0 aliphatic carbocycles. The first-order valence-corrected chi connectivity index (χ1v) is 10.5. The summed E-state index contributed by atoms with van der Waals surface area (Å²) in [6, 6.07) is 17.5. The van der Waals surface area contributed by atoms with Gasteiger partial charge in [-0.1, -0.05) is 36.4 Å². The lowest BCUT2D eigenvalue weighted by atomic mass is 10.1. The van der Waals surface area contributed by atoms with Crippen molar-refractivity contribution in [3.63, 3.8) is 0 Å². The Labute approximate surface area is 176 Å². The Balaban J connectivity index is 1.45. The molecule has 1 aromatic heterocycles. The molecule has 1 atom stereocenters. The number of likely N-dealkylation sites (N-methyl/N-ethyl adjacent to an activating group) is 1. The quantitative estimate of drug-likeness (QED) is 0.653. The van der Waals surface area contributed by atoms with E-state index in [-0.39, 0.29) is 24.4 Å². The molecule has 2 aromatic carbocycles. The van der Waals surface area contributed by atoms with Crippen molar-refractivity contribution in [2.45, 2.75) is 32.4 Å². The van der Waals surface area contributed by atoms with Crippen LogP contribution in [-0.2, 0) is 16.1 Å². The summed E-state index contributed by atoms with van der Waals surface area (Å²) >= 11 is 0. The van der Waals surface area contributed by atoms with Gasteiger partial charge >= 0.3 is 0 Å². The molecular formula is C24H27N3O3. The smallest absolute Gasteiger partial charge is 0.241 e. The van der Waals surface area contributed by atoms with Gasteiger partial charge < -0.3 is 14.6 Å². The normalized spacial score (nSPS) is 16.6. The number of carbonyl (C=O) groups excluding carboxylic acids is 2. The molecule has 1 N–H and O–H groups in total. The van der Waals surface area contributed by atoms with E-state index in [0.717, 1.165) is 41.6 Å². The lowest BCUT2D eigenvalue weighted by molar-refractivity contribution is -0.127. The SMILES string of the molecule is CCN(C(=O)CN1CCCC1C(=O)NCc1ccco1)c1cccc2ccccc12. The summed E-state index contributed by atoms with van der Waals surface area (Å²) in [4.78, 5) is 29.7. The topological polar surface area (TPSA) is 65.8 Å². The monoisotopic (exact) mass is 405 g/mol. The number of hydrogen-bond donors (Lipinski definition) is 1. The number of amides is 2. The molecule has 1 saturated heterocycles. The second-order valence-corrected chi connectivity index (χ2v) is 7.56. The third-order valence-corrected chi connectivity index (χ3v) is 5.70. The van der Waals surface area contributed by atoms with Crippen LogP contribution in [0.2, 0.25) is 0 Å². The molecule has 6 heteroatoms. The predicted molar refractivity (Wildman–Crippen MR) is 117 cm³/mol. The lowest BCUT2D eigenvalue weighted by Gasteiger charge is -2.28. The van der Waals surface area contributed by atoms with Crippen LogP contribution in [0.3, 0.4) is 0 Å². The lowest BCUT2D eigenvalue weighted by Crippen LogP contribution is -2.47. The molecule has 2 amide bonds. The van der Waals surface area contributed by atoms with Crippen LogP contribution < -0.4 is 10.2 Å². The highest BCUT2D eigenvalue weighted by molar-refractivity contribution is 6.04. The standard InChI is InChI=1S/C24H27N3O3/c1-2-27(21-12-5-9-18-8-3-4-11-20(18)21)23(28)17-26-14-6-13-22(26)24(29)25-16-19-10-7-15-30-19/h3-5,7-12,15,22H,2,6,13-14,16-17H2,1H3,(H,25,29). The van der Waals surface area contributed by atoms with E-state index in [1.165, 1.54) is 0 Å². The van der Waals surface area contributed by atoms with Crippen molar-refractivity contribution in [3.8, 4) is 0 Å². The first kappa shape index (κ1) is 20.2. The van der Waals surface area contributed by atoms with Gasteiger partial charge in [0.1, 0.15) is 5.76 Å². The van der Waals surface area contributed by atoms with E-state index >= 15 is 0 Å². The number of carbonyl (C=O) groups is 2. The number of rotatable bonds is 7. The summed E-state index contributed by atoms with van der Waals surface area (Å²) in [6.07, 6.45) is 3.26. The Bertz CT molecular complexity index is 1010. The van der Waals surface area contributed by atoms with Gasteiger partial charge in [-0.15, -0.1) is 0 Å². The van der Waals surface area contributed by atoms with Gasteiger partial charge in [0.2, 0.25) is 11.8 Å². The van der Waals surface area contributed by atoms with Gasteiger partial charge in [0, 0.05) is 11.9 Å². The van der Waals surface area contributed by atoms with Crippen LogP contribution in [-0.4, -0.2) is 42.4 Å². The Morgan fingerprint density at radius 3 is 2.77 bits per heavy atom. The van der Waals surface area contributed by atoms with Crippen LogP contribution in [0.1, 0.15) is 25.5 Å². The van der Waals surface area contributed by atoms with E-state index in [1.54, 1.807) is 12.3 Å². The number of furan rings is 1. The van der Waals surface area contributed by atoms with Gasteiger partial charge in [0.05, 0.1) is 31.1 Å². The maximum absolute atomic E-state index is 13.2. The fourth-order valence-electron chi connectivity index (χ4n) is 4.20. The first-order valence-electron chi connectivity index (χ1n) is 10.5. The van der Waals surface area contributed by atoms with Crippen molar-refractivity contribution in [1.82, 2.24) is 10.2 Å². The van der Waals surface area contributed by atoms with Gasteiger partial charge in [-0.3, -0.25) is 14.5 Å². The molecule has 1 aliphatic heterocycles. The number of fused-ring (bicyclic) bond motifs is 1. The maximum atomic E-state index is 13.2. The van der Waals surface area contributed by atoms with Gasteiger partial charge in [-0.2, -0.15) is 0 Å². The number of nitrogens with zero attached hydrogens (tertiary/aromatic N) is 2. The minimum atomic E-state index is -0.282. The fourth-order valence-corrected chi connectivity index (χ4v) is 4.20. The highest BCUT2D eigenvalue weighted by atomic mass is 16.3. The van der Waals surface area contributed by atoms with Crippen molar-refractivity contribution < 1.29 is 14.0 Å². The van der Waals surface area contributed by atoms with Crippen LogP contribution in [0.15, 0.2) is 65.3 Å². The van der Waals surface area contributed by atoms with Crippen LogP contribution in [0.5, 0.6) is 0 Å². The van der Waals surface area contributed by atoms with E-state index in [2.05, 4.69) is 17.4 Å². The fraction of sp³-hybridized carbons (Fsp3) is 0.333. The number of anilines is 1. The second kappa shape index (κ2) is 9.13. The molecule has 2 heterocycles. The zero-order valence-corrected chi connectivity index (χ0v) is 17.2. The minimum absolute atomic E-state index is 0.0135. The predicted octanol–water partition coefficient (Wildman–Crippen LogP) is 3.57. The minimum Gasteiger partial charge on any atom is -0.467 e. The molecule has 0 spiro atoms. The Morgan fingerprint density at radius 2 is 1.97 bits per heavy atom. The average Bonchev–Trinajstić information content (AvgIpc) is 3.45. The molecular weight excluding hydrogens is 378 g/mol. The zero-order chi connectivity index (χ0) is 20.9. The van der Waals surface area contributed by atoms with Gasteiger partial charge in [-0.25, -0.2) is 0 Å². The molecule has 0 saturated carbocycles. The Hall–Kier alpha value is -3.12. The molecule has 6 nitrogen and oxygen atoms in total. The zero-order valence-electron chi connectivity index (χ0n) is 17.2. The maximum Gasteiger partial charge on any atom is 0.241 e. The Morgan fingerprint density at radius 1 is 1.13 bits per heavy atom. The van der Waals surface area contributed by atoms with Gasteiger partial charge in [-0.05, 0) is 49.9 Å². The van der Waals surface area contributed by atoms with Crippen LogP contribution in [0, 0.1) is 0 Å². The van der Waals surface area contributed by atoms with E-state index < -0.39 is 0 Å². The largest absolute Gasteiger partial charge is 0.467 e. The molecule has 156 valence electrons. The van der Waals surface area contributed by atoms with Crippen molar-refractivity contribution in [3.05, 3.63) is 66.6 Å². The van der Waals surface area contributed by atoms with Crippen LogP contribution in [0.4, 0.5) is 5.69 Å². The van der Waals surface area contributed by atoms with Gasteiger partial charge in [0.15, 0.2) is 0 Å². The summed E-state index contributed by atoms with van der Waals surface area (Å²) < 4.78 is 5.28. The molecule has 3 aromatic rings. The molecule has 0 bridgehead atoms. The molecule has 30 heavy (non-hydrogen) atoms. The van der Waals surface area contributed by atoms with Crippen LogP contribution in [0.25, 0.3) is 10.8 Å². The summed E-state index contributed by atoms with van der Waals surface area (Å²) in [7, 11) is 0. The van der Waals surface area contributed by atoms with E-state index in [0.29, 0.717) is 13.1 Å². The molecule has 4 rings (SSSR count). The van der Waals surface area contributed by atoms with Crippen molar-refractivity contribution in [2.24, 2.45) is 0 Å². The second-order valence-electron chi connectivity index (χ2n) is 7.56. The van der Waals surface area contributed by atoms with E-state index in [1.807, 2.05) is 53.1 Å². The highest BCUT2D eigenvalue weighted by Gasteiger charge is 2.33. The number of nitrogens with one attached hydrogen (secondary N) is 1. The van der Waals surface area contributed by atoms with Crippen molar-refractivity contribution >= 4 is 28.3 Å². The summed E-state index contributed by atoms with van der Waals surface area (Å²) in [5.41, 5.74) is 0.915. The van der Waals surface area contributed by atoms with Crippen molar-refractivity contribution in [2.75, 3.05) is 24.5 Å². The summed E-state index contributed by atoms with van der Waals surface area (Å²) in [5.74, 6) is 0.682. The number of hydrogen-bond acceptors (Lipinski definition) is 4. The third-order valence-electron chi connectivity index (χ3n) is 5.70. The van der Waals surface area contributed by atoms with Gasteiger partial charge in [0.25, 0.3) is 0 Å². The average molecular weight is 405 g/mol. The molecule has 1 unspecified atom stereocenters. The van der Waals surface area contributed by atoms with E-state index in [9.17, 15) is 9.59 Å². The first-order chi connectivity index (χ1) is 14.7. The third kappa shape index (κ3) is 4.24. The number of benzene rings is 2.